The highest BCUT2D eigenvalue weighted by Gasteiger charge is 2.12. The van der Waals surface area contributed by atoms with E-state index in [1.54, 1.807) is 23.5 Å². The third-order valence-electron chi connectivity index (χ3n) is 5.01. The van der Waals surface area contributed by atoms with E-state index in [1.807, 2.05) is 34.2 Å². The molecule has 2 heterocycles. The number of thiazole rings is 1. The Kier molecular flexibility index (Phi) is 6.62. The number of aromatic nitrogens is 3. The van der Waals surface area contributed by atoms with Crippen LogP contribution in [0.2, 0.25) is 0 Å². The van der Waals surface area contributed by atoms with Gasteiger partial charge in [0.05, 0.1) is 12.3 Å². The fraction of sp³-hybridized carbons (Fsp3) is 0.292. The van der Waals surface area contributed by atoms with Crippen molar-refractivity contribution < 1.29 is 9.53 Å². The molecule has 160 valence electrons. The minimum absolute atomic E-state index is 0.0921. The lowest BCUT2D eigenvalue weighted by molar-refractivity contribution is 0.0954. The van der Waals surface area contributed by atoms with Crippen molar-refractivity contribution >= 4 is 22.2 Å². The maximum absolute atomic E-state index is 12.4. The van der Waals surface area contributed by atoms with Crippen LogP contribution < -0.4 is 10.1 Å². The van der Waals surface area contributed by atoms with Gasteiger partial charge in [-0.2, -0.15) is 4.98 Å². The summed E-state index contributed by atoms with van der Waals surface area (Å²) in [4.78, 5) is 17.9. The van der Waals surface area contributed by atoms with Crippen molar-refractivity contribution in [2.24, 2.45) is 0 Å². The fourth-order valence-corrected chi connectivity index (χ4v) is 4.02. The van der Waals surface area contributed by atoms with Gasteiger partial charge in [0, 0.05) is 29.5 Å². The predicted octanol–water partition coefficient (Wildman–Crippen LogP) is 4.92. The Morgan fingerprint density at radius 2 is 1.90 bits per heavy atom. The molecular weight excluding hydrogens is 408 g/mol. The van der Waals surface area contributed by atoms with Gasteiger partial charge in [-0.3, -0.25) is 4.79 Å². The molecule has 2 aromatic carbocycles. The Balaban J connectivity index is 1.34. The standard InChI is InChI=1S/C24H26N4O2S/c1-3-4-15-30-21-11-9-19(10-12-21)23(29)25-14-13-20-16-31-24-26-22(27-28(20)24)18-7-5-17(2)6-8-18/h5-12,16H,3-4,13-15H2,1-2H3,(H,25,29). The molecule has 0 saturated heterocycles. The van der Waals surface area contributed by atoms with Crippen molar-refractivity contribution in [1.82, 2.24) is 19.9 Å². The van der Waals surface area contributed by atoms with Crippen LogP contribution in [0.1, 0.15) is 41.4 Å². The molecule has 4 rings (SSSR count). The van der Waals surface area contributed by atoms with Gasteiger partial charge in [-0.25, -0.2) is 4.52 Å². The van der Waals surface area contributed by atoms with Gasteiger partial charge in [0.15, 0.2) is 5.82 Å². The van der Waals surface area contributed by atoms with Gasteiger partial charge in [-0.05, 0) is 37.6 Å². The van der Waals surface area contributed by atoms with Gasteiger partial charge >= 0.3 is 0 Å². The molecule has 0 unspecified atom stereocenters. The summed E-state index contributed by atoms with van der Waals surface area (Å²) >= 11 is 1.56. The van der Waals surface area contributed by atoms with Crippen LogP contribution >= 0.6 is 11.3 Å². The molecule has 0 radical (unpaired) electrons. The monoisotopic (exact) mass is 434 g/mol. The number of unbranched alkanes of at least 4 members (excludes halogenated alkanes) is 1. The zero-order valence-corrected chi connectivity index (χ0v) is 18.6. The smallest absolute Gasteiger partial charge is 0.251 e. The zero-order chi connectivity index (χ0) is 21.6. The van der Waals surface area contributed by atoms with E-state index >= 15 is 0 Å². The van der Waals surface area contributed by atoms with Crippen molar-refractivity contribution in [3.63, 3.8) is 0 Å². The molecule has 0 spiro atoms. The number of rotatable bonds is 9. The lowest BCUT2D eigenvalue weighted by Gasteiger charge is -2.07. The maximum atomic E-state index is 12.4. The van der Waals surface area contributed by atoms with Gasteiger partial charge in [0.2, 0.25) is 4.96 Å². The first-order valence-electron chi connectivity index (χ1n) is 10.6. The van der Waals surface area contributed by atoms with Gasteiger partial charge in [-0.1, -0.05) is 43.2 Å². The van der Waals surface area contributed by atoms with Gasteiger partial charge in [0.1, 0.15) is 5.75 Å². The quantitative estimate of drug-likeness (QED) is 0.380. The molecular formula is C24H26N4O2S. The number of carbonyl (C=O) groups is 1. The van der Waals surface area contributed by atoms with Gasteiger partial charge in [-0.15, -0.1) is 16.4 Å². The summed E-state index contributed by atoms with van der Waals surface area (Å²) in [7, 11) is 0. The molecule has 0 bridgehead atoms. The summed E-state index contributed by atoms with van der Waals surface area (Å²) in [5, 5.41) is 9.68. The van der Waals surface area contributed by atoms with Crippen LogP contribution in [0.15, 0.2) is 53.9 Å². The zero-order valence-electron chi connectivity index (χ0n) is 17.8. The average Bonchev–Trinajstić information content (AvgIpc) is 3.37. The van der Waals surface area contributed by atoms with E-state index in [1.165, 1.54) is 5.56 Å². The molecule has 1 N–H and O–H groups in total. The second kappa shape index (κ2) is 9.75. The summed E-state index contributed by atoms with van der Waals surface area (Å²) in [6.07, 6.45) is 2.80. The normalized spacial score (nSPS) is 11.0. The highest BCUT2D eigenvalue weighted by molar-refractivity contribution is 7.15. The summed E-state index contributed by atoms with van der Waals surface area (Å²) in [5.74, 6) is 1.42. The van der Waals surface area contributed by atoms with Crippen LogP contribution in [0.3, 0.4) is 0 Å². The Bertz CT molecular complexity index is 1150. The van der Waals surface area contributed by atoms with Crippen molar-refractivity contribution in [3.8, 4) is 17.1 Å². The van der Waals surface area contributed by atoms with Crippen LogP contribution in [0, 0.1) is 6.92 Å². The number of hydrogen-bond donors (Lipinski definition) is 1. The van der Waals surface area contributed by atoms with Crippen molar-refractivity contribution in [2.75, 3.05) is 13.2 Å². The number of nitrogens with zero attached hydrogens (tertiary/aromatic N) is 3. The first-order chi connectivity index (χ1) is 15.1. The molecule has 0 aliphatic carbocycles. The molecule has 0 saturated carbocycles. The van der Waals surface area contributed by atoms with Crippen molar-refractivity contribution in [3.05, 3.63) is 70.7 Å². The van der Waals surface area contributed by atoms with E-state index in [9.17, 15) is 4.79 Å². The topological polar surface area (TPSA) is 68.5 Å². The van der Waals surface area contributed by atoms with Crippen LogP contribution in [0.25, 0.3) is 16.3 Å². The highest BCUT2D eigenvalue weighted by atomic mass is 32.1. The van der Waals surface area contributed by atoms with E-state index < -0.39 is 0 Å². The summed E-state index contributed by atoms with van der Waals surface area (Å²) in [6.45, 7) is 5.42. The lowest BCUT2D eigenvalue weighted by Crippen LogP contribution is -2.26. The fourth-order valence-electron chi connectivity index (χ4n) is 3.16. The van der Waals surface area contributed by atoms with Gasteiger partial charge < -0.3 is 10.1 Å². The first kappa shape index (κ1) is 21.1. The number of nitrogens with one attached hydrogen (secondary N) is 1. The van der Waals surface area contributed by atoms with E-state index in [0.29, 0.717) is 25.1 Å². The van der Waals surface area contributed by atoms with Crippen LogP contribution in [0.5, 0.6) is 5.75 Å². The van der Waals surface area contributed by atoms with Crippen molar-refractivity contribution in [2.45, 2.75) is 33.1 Å². The lowest BCUT2D eigenvalue weighted by atomic mass is 10.1. The molecule has 31 heavy (non-hydrogen) atoms. The number of aryl methyl sites for hydroxylation is 1. The molecule has 7 heteroatoms. The molecule has 4 aromatic rings. The van der Waals surface area contributed by atoms with E-state index in [0.717, 1.165) is 40.6 Å². The molecule has 6 nitrogen and oxygen atoms in total. The Morgan fingerprint density at radius 3 is 2.65 bits per heavy atom. The molecule has 0 fully saturated rings. The first-order valence-corrected chi connectivity index (χ1v) is 11.4. The predicted molar refractivity (Wildman–Crippen MR) is 124 cm³/mol. The number of carbonyl (C=O) groups excluding carboxylic acids is 1. The van der Waals surface area contributed by atoms with Crippen molar-refractivity contribution in [1.29, 1.82) is 0 Å². The van der Waals surface area contributed by atoms with Gasteiger partial charge in [0.25, 0.3) is 5.91 Å². The third kappa shape index (κ3) is 5.11. The molecule has 0 atom stereocenters. The molecule has 0 aliphatic heterocycles. The number of amides is 1. The summed E-state index contributed by atoms with van der Waals surface area (Å²) in [6, 6.07) is 15.5. The van der Waals surface area contributed by atoms with Crippen LogP contribution in [0.4, 0.5) is 0 Å². The Labute approximate surface area is 185 Å². The number of fused-ring (bicyclic) bond motifs is 1. The minimum Gasteiger partial charge on any atom is -0.494 e. The number of benzene rings is 2. The SMILES string of the molecule is CCCCOc1ccc(C(=O)NCCc2csc3nc(-c4ccc(C)cc4)nn23)cc1. The molecule has 2 aromatic heterocycles. The van der Waals surface area contributed by atoms with E-state index in [4.69, 9.17) is 4.74 Å². The third-order valence-corrected chi connectivity index (χ3v) is 5.87. The highest BCUT2D eigenvalue weighted by Crippen LogP contribution is 2.21. The maximum Gasteiger partial charge on any atom is 0.251 e. The van der Waals surface area contributed by atoms with Crippen LogP contribution in [-0.2, 0) is 6.42 Å². The molecule has 1 amide bonds. The summed E-state index contributed by atoms with van der Waals surface area (Å²) in [5.41, 5.74) is 3.87. The van der Waals surface area contributed by atoms with E-state index in [-0.39, 0.29) is 5.91 Å². The molecule has 0 aliphatic rings. The number of ether oxygens (including phenoxy) is 1. The largest absolute Gasteiger partial charge is 0.494 e. The minimum atomic E-state index is -0.0921. The second-order valence-corrected chi connectivity index (χ2v) is 8.29. The van der Waals surface area contributed by atoms with Crippen LogP contribution in [-0.4, -0.2) is 33.7 Å². The Hall–Kier alpha value is -3.19. The Morgan fingerprint density at radius 1 is 1.13 bits per heavy atom. The second-order valence-electron chi connectivity index (χ2n) is 7.46. The number of hydrogen-bond acceptors (Lipinski definition) is 5. The summed E-state index contributed by atoms with van der Waals surface area (Å²) < 4.78 is 7.52. The van der Waals surface area contributed by atoms with E-state index in [2.05, 4.69) is 41.4 Å². The average molecular weight is 435 g/mol.